The molecule has 43 heavy (non-hydrogen) atoms. The molecule has 0 bridgehead atoms. The maximum absolute atomic E-state index is 14.0. The summed E-state index contributed by atoms with van der Waals surface area (Å²) in [7, 11) is 0. The number of benzene rings is 3. The Kier molecular flexibility index (Phi) is 10.1. The third-order valence-corrected chi connectivity index (χ3v) is 6.13. The number of fused-ring (bicyclic) bond motifs is 1. The molecular weight excluding hydrogens is 754 g/mol. The Morgan fingerprint density at radius 2 is 1.70 bits per heavy atom. The van der Waals surface area contributed by atoms with E-state index in [4.69, 9.17) is 11.6 Å². The van der Waals surface area contributed by atoms with Gasteiger partial charge in [0, 0.05) is 57.2 Å². The monoisotopic (exact) mass is 767 g/mol. The van der Waals surface area contributed by atoms with Gasteiger partial charge in [0.1, 0.15) is 18.2 Å². The first-order valence-electron chi connectivity index (χ1n) is 11.3. The van der Waals surface area contributed by atoms with Gasteiger partial charge in [-0.3, -0.25) is 9.59 Å². The normalized spacial score (nSPS) is 12.9. The van der Waals surface area contributed by atoms with Crippen LogP contribution in [0, 0.1) is 63.4 Å². The maximum atomic E-state index is 14.0. The molecule has 1 heterocycles. The van der Waals surface area contributed by atoms with Gasteiger partial charge in [-0.25, -0.2) is 8.78 Å². The van der Waals surface area contributed by atoms with E-state index in [-0.39, 0.29) is 57.5 Å². The van der Waals surface area contributed by atoms with E-state index in [1.807, 2.05) is 5.32 Å². The molecule has 0 fully saturated rings. The quantitative estimate of drug-likeness (QED) is 0.225. The van der Waals surface area contributed by atoms with Gasteiger partial charge in [0.25, 0.3) is 5.91 Å². The molecular formula is C26H12ClF8N4O3Sm-. The summed E-state index contributed by atoms with van der Waals surface area (Å²) in [4.78, 5) is 39.2. The number of rotatable bonds is 5. The first-order valence-corrected chi connectivity index (χ1v) is 11.7. The fourth-order valence-electron chi connectivity index (χ4n) is 4.11. The molecule has 0 radical (unpaired) electrons. The number of halogens is 9. The number of nitriles is 1. The Bertz CT molecular complexity index is 1690. The molecule has 0 atom stereocenters. The molecule has 17 heteroatoms. The number of carbonyl (C=O) groups excluding carboxylic acids is 3. The van der Waals surface area contributed by atoms with Gasteiger partial charge < -0.3 is 20.3 Å². The van der Waals surface area contributed by atoms with E-state index in [1.165, 1.54) is 6.07 Å². The predicted molar refractivity (Wildman–Crippen MR) is 132 cm³/mol. The number of ketones is 1. The molecule has 0 saturated heterocycles. The molecule has 0 saturated carbocycles. The molecule has 3 aromatic carbocycles. The van der Waals surface area contributed by atoms with Crippen LogP contribution in [0.15, 0.2) is 42.5 Å². The largest absolute Gasteiger partial charge is 0.623 e. The van der Waals surface area contributed by atoms with Crippen LogP contribution in [-0.2, 0) is 11.0 Å². The maximum Gasteiger partial charge on any atom is 0.416 e. The average molecular weight is 766 g/mol. The van der Waals surface area contributed by atoms with Crippen LogP contribution in [0.3, 0.4) is 0 Å². The molecule has 0 spiro atoms. The van der Waals surface area contributed by atoms with E-state index in [9.17, 15) is 54.8 Å². The van der Waals surface area contributed by atoms with E-state index >= 15 is 0 Å². The number of nitrogens with zero attached hydrogens (tertiary/aromatic N) is 3. The first kappa shape index (κ1) is 34.1. The zero-order valence-electron chi connectivity index (χ0n) is 20.8. The van der Waals surface area contributed by atoms with Gasteiger partial charge in [-0.15, -0.1) is 0 Å². The van der Waals surface area contributed by atoms with Gasteiger partial charge >= 0.3 is 12.4 Å². The third kappa shape index (κ3) is 7.59. The summed E-state index contributed by atoms with van der Waals surface area (Å²) in [6, 6.07) is 5.57. The predicted octanol–water partition coefficient (Wildman–Crippen LogP) is 6.91. The first-order chi connectivity index (χ1) is 19.5. The summed E-state index contributed by atoms with van der Waals surface area (Å²) in [5.41, 5.74) is -6.66. The van der Waals surface area contributed by atoms with Crippen molar-refractivity contribution in [1.29, 1.82) is 5.26 Å². The molecule has 1 aliphatic heterocycles. The third-order valence-electron chi connectivity index (χ3n) is 5.80. The van der Waals surface area contributed by atoms with Crippen molar-refractivity contribution >= 4 is 46.3 Å². The number of nitrogens with one attached hydrogen (secondary N) is 1. The zero-order chi connectivity index (χ0) is 31.1. The van der Waals surface area contributed by atoms with Crippen LogP contribution in [-0.4, -0.2) is 36.9 Å². The van der Waals surface area contributed by atoms with Gasteiger partial charge in [-0.2, -0.15) is 31.6 Å². The topological polar surface area (TPSA) is 104 Å². The van der Waals surface area contributed by atoms with Gasteiger partial charge in [0.05, 0.1) is 45.9 Å². The smallest absolute Gasteiger partial charge is 0.416 e. The van der Waals surface area contributed by atoms with Crippen LogP contribution < -0.4 is 10.2 Å². The van der Waals surface area contributed by atoms with Crippen molar-refractivity contribution in [2.45, 2.75) is 12.4 Å². The van der Waals surface area contributed by atoms with Crippen molar-refractivity contribution in [1.82, 2.24) is 0 Å². The summed E-state index contributed by atoms with van der Waals surface area (Å²) in [6.07, 6.45) is -9.96. The second-order valence-electron chi connectivity index (χ2n) is 8.76. The summed E-state index contributed by atoms with van der Waals surface area (Å²) in [5.74, 6) is -6.29. The van der Waals surface area contributed by atoms with Crippen LogP contribution in [0.4, 0.5) is 52.2 Å². The molecule has 7 nitrogen and oxygen atoms in total. The summed E-state index contributed by atoms with van der Waals surface area (Å²) < 4.78 is 108. The Morgan fingerprint density at radius 3 is 2.30 bits per heavy atom. The Balaban J connectivity index is 0.00000506. The van der Waals surface area contributed by atoms with E-state index in [0.29, 0.717) is 17.0 Å². The fourth-order valence-corrected chi connectivity index (χ4v) is 4.31. The minimum atomic E-state index is -5.07. The summed E-state index contributed by atoms with van der Waals surface area (Å²) >= 11 is 6.01. The van der Waals surface area contributed by atoms with Crippen molar-refractivity contribution in [2.75, 3.05) is 23.3 Å². The summed E-state index contributed by atoms with van der Waals surface area (Å²) in [5, 5.41) is 15.2. The number of carbonyl (C=O) groups is 3. The van der Waals surface area contributed by atoms with E-state index in [1.54, 1.807) is 0 Å². The van der Waals surface area contributed by atoms with Gasteiger partial charge in [0.2, 0.25) is 0 Å². The molecule has 1 N–H and O–H groups in total. The van der Waals surface area contributed by atoms with Crippen molar-refractivity contribution < 1.29 is 89.9 Å². The zero-order valence-corrected chi connectivity index (χ0v) is 24.2. The van der Waals surface area contributed by atoms with E-state index in [0.717, 1.165) is 18.2 Å². The van der Waals surface area contributed by atoms with Gasteiger partial charge in [-0.1, -0.05) is 17.3 Å². The second kappa shape index (κ2) is 12.7. The number of hydrogen-bond acceptors (Lipinski definition) is 5. The number of amides is 2. The molecule has 0 aromatic heterocycles. The molecule has 224 valence electrons. The molecule has 0 aliphatic carbocycles. The van der Waals surface area contributed by atoms with Crippen molar-refractivity contribution in [3.63, 3.8) is 0 Å². The van der Waals surface area contributed by atoms with Crippen LogP contribution in [0.2, 0.25) is 5.02 Å². The Morgan fingerprint density at radius 1 is 1.02 bits per heavy atom. The number of hydrogen-bond donors (Lipinski definition) is 1. The number of alkyl halides is 6. The second-order valence-corrected chi connectivity index (χ2v) is 9.17. The average Bonchev–Trinajstić information content (AvgIpc) is 2.87. The molecule has 4 rings (SSSR count). The Labute approximate surface area is 273 Å². The van der Waals surface area contributed by atoms with Crippen LogP contribution in [0.5, 0.6) is 0 Å². The van der Waals surface area contributed by atoms with E-state index in [2.05, 4.69) is 5.32 Å². The van der Waals surface area contributed by atoms with Crippen molar-refractivity contribution in [2.24, 2.45) is 0 Å². The minimum Gasteiger partial charge on any atom is -0.623 e. The number of anilines is 2. The summed E-state index contributed by atoms with van der Waals surface area (Å²) in [6.45, 7) is -2.66. The van der Waals surface area contributed by atoms with Crippen molar-refractivity contribution in [3.05, 3.63) is 92.3 Å². The van der Waals surface area contributed by atoms with E-state index < -0.39 is 99.6 Å². The minimum absolute atomic E-state index is 0. The fraction of sp³-hybridized carbons (Fsp3) is 0.154. The molecule has 0 unspecified atom stereocenters. The Hall–Kier alpha value is -3.37. The van der Waals surface area contributed by atoms with Crippen LogP contribution >= 0.6 is 11.6 Å². The molecule has 2 amide bonds. The SMILES string of the molecule is N#Cc1c2c(cc(NC(=O)c3cc(F)cc(C(F)(F)F)c3)c1C(=O)c1cc(F)ccc1Cl)N(CC(F)(F)F)CC(=O)[N-]2.[Sm]. The van der Waals surface area contributed by atoms with Gasteiger partial charge in [0.15, 0.2) is 5.78 Å². The molecule has 1 aliphatic rings. The van der Waals surface area contributed by atoms with Gasteiger partial charge in [-0.05, 0) is 42.5 Å². The van der Waals surface area contributed by atoms with Crippen molar-refractivity contribution in [3.8, 4) is 6.07 Å². The van der Waals surface area contributed by atoms with Crippen LogP contribution in [0.1, 0.15) is 37.4 Å². The standard InChI is InChI=1S/C26H13ClF8N4O3.Sm/c27-17-2-1-13(28)6-15(17)23(41)21-16(8-36)22-19(39(9-20(40)38-22)10-25(30,31)32)7-18(21)37-24(42)11-3-12(26(33,34)35)5-14(29)4-11;/h1-7H,9-10H2,(H2,37,38,40,41,42);/p-1. The molecule has 3 aromatic rings. The van der Waals surface area contributed by atoms with Crippen LogP contribution in [0.25, 0.3) is 5.32 Å².